The first kappa shape index (κ1) is 21.0. The van der Waals surface area contributed by atoms with Crippen LogP contribution in [0.5, 0.6) is 0 Å². The smallest absolute Gasteiger partial charge is 0.282 e. The molecule has 6 heteroatoms. The molecule has 0 saturated carbocycles. The van der Waals surface area contributed by atoms with Gasteiger partial charge < -0.3 is 4.90 Å². The monoisotopic (exact) mass is 474 g/mol. The summed E-state index contributed by atoms with van der Waals surface area (Å²) in [6.45, 7) is 6.20. The van der Waals surface area contributed by atoms with Gasteiger partial charge in [0, 0.05) is 28.8 Å². The van der Waals surface area contributed by atoms with Crippen LogP contribution in [0.15, 0.2) is 87.2 Å². The Kier molecular flexibility index (Phi) is 6.28. The average Bonchev–Trinajstić information content (AvgIpc) is 2.80. The molecule has 4 aromatic rings. The van der Waals surface area contributed by atoms with Gasteiger partial charge in [-0.05, 0) is 55.8 Å². The van der Waals surface area contributed by atoms with Gasteiger partial charge in [0.15, 0.2) is 5.82 Å². The zero-order valence-corrected chi connectivity index (χ0v) is 19.1. The number of nitrogens with zero attached hydrogens (tertiary/aromatic N) is 4. The highest BCUT2D eigenvalue weighted by Gasteiger charge is 2.12. The van der Waals surface area contributed by atoms with Gasteiger partial charge in [0.1, 0.15) is 0 Å². The maximum Gasteiger partial charge on any atom is 0.282 e. The van der Waals surface area contributed by atoms with E-state index in [0.717, 1.165) is 28.7 Å². The third-order valence-corrected chi connectivity index (χ3v) is 5.73. The van der Waals surface area contributed by atoms with E-state index in [1.807, 2.05) is 54.6 Å². The highest BCUT2D eigenvalue weighted by atomic mass is 79.9. The number of aromatic nitrogens is 2. The van der Waals surface area contributed by atoms with E-state index in [1.165, 1.54) is 10.4 Å². The van der Waals surface area contributed by atoms with E-state index >= 15 is 0 Å². The van der Waals surface area contributed by atoms with Crippen LogP contribution in [-0.4, -0.2) is 29.0 Å². The van der Waals surface area contributed by atoms with Crippen LogP contribution in [0, 0.1) is 0 Å². The Hall–Kier alpha value is -3.25. The predicted octanol–water partition coefficient (Wildman–Crippen LogP) is 5.55. The summed E-state index contributed by atoms with van der Waals surface area (Å²) < 4.78 is 2.34. The molecule has 0 spiro atoms. The molecule has 0 aliphatic carbocycles. The second-order valence-electron chi connectivity index (χ2n) is 7.08. The zero-order valence-electron chi connectivity index (χ0n) is 17.5. The van der Waals surface area contributed by atoms with Gasteiger partial charge in [-0.3, -0.25) is 4.79 Å². The lowest BCUT2D eigenvalue weighted by molar-refractivity contribution is 0.829. The standard InChI is InChI=1S/C25H23BrN4O/c1-3-29(4-2)21-15-9-18(10-16-21)17-27-30-24(19-11-13-20(26)14-12-19)28-23-8-6-5-7-22(23)25(30)31/h5-17H,3-4H2,1-2H3/b27-17+. The zero-order chi connectivity index (χ0) is 21.8. The Morgan fingerprint density at radius 3 is 2.32 bits per heavy atom. The van der Waals surface area contributed by atoms with Crippen LogP contribution in [0.2, 0.25) is 0 Å². The third kappa shape index (κ3) is 4.44. The minimum atomic E-state index is -0.195. The van der Waals surface area contributed by atoms with Crippen LogP contribution in [0.1, 0.15) is 19.4 Å². The van der Waals surface area contributed by atoms with Gasteiger partial charge in [0.25, 0.3) is 5.56 Å². The molecule has 0 N–H and O–H groups in total. The molecule has 0 fully saturated rings. The van der Waals surface area contributed by atoms with E-state index in [0.29, 0.717) is 16.7 Å². The molecule has 0 aliphatic rings. The molecular weight excluding hydrogens is 452 g/mol. The molecular formula is C25H23BrN4O. The van der Waals surface area contributed by atoms with Crippen molar-refractivity contribution >= 4 is 38.7 Å². The van der Waals surface area contributed by atoms with E-state index in [4.69, 9.17) is 4.98 Å². The summed E-state index contributed by atoms with van der Waals surface area (Å²) in [5, 5.41) is 5.07. The minimum Gasteiger partial charge on any atom is -0.372 e. The summed E-state index contributed by atoms with van der Waals surface area (Å²) in [4.78, 5) is 20.2. The summed E-state index contributed by atoms with van der Waals surface area (Å²) in [5.74, 6) is 0.507. The highest BCUT2D eigenvalue weighted by molar-refractivity contribution is 9.10. The first-order valence-corrected chi connectivity index (χ1v) is 11.1. The topological polar surface area (TPSA) is 50.5 Å². The van der Waals surface area contributed by atoms with Gasteiger partial charge in [-0.25, -0.2) is 4.98 Å². The lowest BCUT2D eigenvalue weighted by Crippen LogP contribution is -2.21. The van der Waals surface area contributed by atoms with E-state index in [-0.39, 0.29) is 5.56 Å². The Bertz CT molecular complexity index is 1270. The van der Waals surface area contributed by atoms with Crippen LogP contribution in [-0.2, 0) is 0 Å². The van der Waals surface area contributed by atoms with Crippen molar-refractivity contribution in [2.45, 2.75) is 13.8 Å². The molecule has 0 bridgehead atoms. The maximum absolute atomic E-state index is 13.2. The van der Waals surface area contributed by atoms with Crippen LogP contribution >= 0.6 is 15.9 Å². The molecule has 0 amide bonds. The summed E-state index contributed by atoms with van der Waals surface area (Å²) >= 11 is 3.46. The Balaban J connectivity index is 1.79. The van der Waals surface area contributed by atoms with Gasteiger partial charge in [-0.15, -0.1) is 0 Å². The van der Waals surface area contributed by atoms with E-state index < -0.39 is 0 Å². The molecule has 1 aromatic heterocycles. The van der Waals surface area contributed by atoms with Gasteiger partial charge >= 0.3 is 0 Å². The van der Waals surface area contributed by atoms with Crippen LogP contribution in [0.25, 0.3) is 22.3 Å². The Morgan fingerprint density at radius 1 is 0.968 bits per heavy atom. The molecule has 0 atom stereocenters. The first-order valence-electron chi connectivity index (χ1n) is 10.3. The van der Waals surface area contributed by atoms with E-state index in [9.17, 15) is 4.79 Å². The Morgan fingerprint density at radius 2 is 1.65 bits per heavy atom. The molecule has 0 aliphatic heterocycles. The summed E-state index contributed by atoms with van der Waals surface area (Å²) in [5.41, 5.74) is 3.36. The highest BCUT2D eigenvalue weighted by Crippen LogP contribution is 2.21. The second-order valence-corrected chi connectivity index (χ2v) is 8.00. The maximum atomic E-state index is 13.2. The average molecular weight is 475 g/mol. The van der Waals surface area contributed by atoms with Crippen molar-refractivity contribution in [3.8, 4) is 11.4 Å². The van der Waals surface area contributed by atoms with Crippen LogP contribution in [0.3, 0.4) is 0 Å². The fourth-order valence-corrected chi connectivity index (χ4v) is 3.77. The number of hydrogen-bond acceptors (Lipinski definition) is 4. The van der Waals surface area contributed by atoms with Crippen LogP contribution < -0.4 is 10.5 Å². The molecule has 0 radical (unpaired) electrons. The van der Waals surface area contributed by atoms with Crippen molar-refractivity contribution < 1.29 is 0 Å². The van der Waals surface area contributed by atoms with Gasteiger partial charge in [-0.2, -0.15) is 9.78 Å². The number of rotatable bonds is 6. The van der Waals surface area contributed by atoms with E-state index in [2.05, 4.69) is 51.9 Å². The van der Waals surface area contributed by atoms with Crippen LogP contribution in [0.4, 0.5) is 5.69 Å². The summed E-state index contributed by atoms with van der Waals surface area (Å²) in [6.07, 6.45) is 1.70. The normalized spacial score (nSPS) is 11.3. The molecule has 31 heavy (non-hydrogen) atoms. The lowest BCUT2D eigenvalue weighted by atomic mass is 10.2. The quantitative estimate of drug-likeness (QED) is 0.344. The number of halogens is 1. The van der Waals surface area contributed by atoms with Crippen molar-refractivity contribution in [1.82, 2.24) is 9.66 Å². The number of para-hydroxylation sites is 1. The van der Waals surface area contributed by atoms with E-state index in [1.54, 1.807) is 12.3 Å². The Labute approximate surface area is 189 Å². The summed E-state index contributed by atoms with van der Waals surface area (Å²) in [7, 11) is 0. The second kappa shape index (κ2) is 9.27. The molecule has 5 nitrogen and oxygen atoms in total. The van der Waals surface area contributed by atoms with Crippen molar-refractivity contribution in [1.29, 1.82) is 0 Å². The fraction of sp³-hybridized carbons (Fsp3) is 0.160. The predicted molar refractivity (Wildman–Crippen MR) is 132 cm³/mol. The number of hydrogen-bond donors (Lipinski definition) is 0. The lowest BCUT2D eigenvalue weighted by Gasteiger charge is -2.20. The molecule has 156 valence electrons. The molecule has 0 unspecified atom stereocenters. The molecule has 3 aromatic carbocycles. The number of anilines is 1. The fourth-order valence-electron chi connectivity index (χ4n) is 3.50. The minimum absolute atomic E-state index is 0.195. The number of benzene rings is 3. The SMILES string of the molecule is CCN(CC)c1ccc(/C=N/n2c(-c3ccc(Br)cc3)nc3ccccc3c2=O)cc1. The number of fused-ring (bicyclic) bond motifs is 1. The molecule has 1 heterocycles. The van der Waals surface area contributed by atoms with Crippen molar-refractivity contribution in [2.24, 2.45) is 5.10 Å². The molecule has 4 rings (SSSR count). The van der Waals surface area contributed by atoms with Gasteiger partial charge in [0.05, 0.1) is 17.1 Å². The first-order chi connectivity index (χ1) is 15.1. The molecule has 0 saturated heterocycles. The van der Waals surface area contributed by atoms with Crippen molar-refractivity contribution in [3.63, 3.8) is 0 Å². The van der Waals surface area contributed by atoms with Crippen molar-refractivity contribution in [3.05, 3.63) is 93.2 Å². The van der Waals surface area contributed by atoms with Gasteiger partial charge in [0.2, 0.25) is 0 Å². The largest absolute Gasteiger partial charge is 0.372 e. The summed E-state index contributed by atoms with van der Waals surface area (Å²) in [6, 6.07) is 23.2. The third-order valence-electron chi connectivity index (χ3n) is 5.20. The van der Waals surface area contributed by atoms with Gasteiger partial charge in [-0.1, -0.05) is 52.3 Å². The van der Waals surface area contributed by atoms with Crippen molar-refractivity contribution in [2.75, 3.05) is 18.0 Å².